The molecule has 0 saturated heterocycles. The zero-order chi connectivity index (χ0) is 17.6. The molecule has 0 atom stereocenters. The lowest BCUT2D eigenvalue weighted by atomic mass is 10.1. The standard InChI is InChI=1S/C18H21NO4S/c1-3-15-7-9-18(10-8-15)23-11-12-24(21,22)19-17-6-4-5-16(13-17)14(2)20/h4-10,13,19H,3,11-12H2,1-2H3. The number of ether oxygens (including phenoxy) is 1. The quantitative estimate of drug-likeness (QED) is 0.744. The molecule has 5 nitrogen and oxygen atoms in total. The molecule has 1 N–H and O–H groups in total. The van der Waals surface area contributed by atoms with E-state index in [1.165, 1.54) is 18.6 Å². The molecule has 24 heavy (non-hydrogen) atoms. The Kier molecular flexibility index (Phi) is 5.98. The molecule has 0 amide bonds. The summed E-state index contributed by atoms with van der Waals surface area (Å²) in [4.78, 5) is 11.3. The first kappa shape index (κ1) is 18.0. The van der Waals surface area contributed by atoms with Crippen molar-refractivity contribution in [2.24, 2.45) is 0 Å². The number of ketones is 1. The third-order valence-electron chi connectivity index (χ3n) is 3.49. The number of hydrogen-bond acceptors (Lipinski definition) is 4. The fourth-order valence-corrected chi connectivity index (χ4v) is 3.01. The zero-order valence-electron chi connectivity index (χ0n) is 13.8. The van der Waals surface area contributed by atoms with Gasteiger partial charge < -0.3 is 4.74 Å². The number of benzene rings is 2. The second-order valence-electron chi connectivity index (χ2n) is 5.40. The van der Waals surface area contributed by atoms with Crippen LogP contribution in [0.3, 0.4) is 0 Å². The van der Waals surface area contributed by atoms with E-state index in [9.17, 15) is 13.2 Å². The van der Waals surface area contributed by atoms with Crippen LogP contribution in [0.15, 0.2) is 48.5 Å². The predicted octanol–water partition coefficient (Wildman–Crippen LogP) is 3.27. The molecule has 2 rings (SSSR count). The molecule has 0 aromatic heterocycles. The molecule has 0 heterocycles. The van der Waals surface area contributed by atoms with Gasteiger partial charge in [-0.15, -0.1) is 0 Å². The van der Waals surface area contributed by atoms with Gasteiger partial charge in [-0.2, -0.15) is 0 Å². The maximum Gasteiger partial charge on any atom is 0.236 e. The summed E-state index contributed by atoms with van der Waals surface area (Å²) in [6.07, 6.45) is 0.942. The van der Waals surface area contributed by atoms with E-state index in [1.807, 2.05) is 24.3 Å². The topological polar surface area (TPSA) is 72.5 Å². The van der Waals surface area contributed by atoms with Crippen LogP contribution in [-0.2, 0) is 16.4 Å². The van der Waals surface area contributed by atoms with E-state index < -0.39 is 10.0 Å². The Morgan fingerprint density at radius 2 is 1.83 bits per heavy atom. The average molecular weight is 347 g/mol. The van der Waals surface area contributed by atoms with E-state index >= 15 is 0 Å². The second-order valence-corrected chi connectivity index (χ2v) is 7.25. The van der Waals surface area contributed by atoms with Crippen molar-refractivity contribution < 1.29 is 17.9 Å². The second kappa shape index (κ2) is 7.97. The normalized spacial score (nSPS) is 11.1. The summed E-state index contributed by atoms with van der Waals surface area (Å²) in [6.45, 7) is 3.55. The highest BCUT2D eigenvalue weighted by Gasteiger charge is 2.12. The van der Waals surface area contributed by atoms with E-state index in [-0.39, 0.29) is 18.1 Å². The Morgan fingerprint density at radius 3 is 2.46 bits per heavy atom. The summed E-state index contributed by atoms with van der Waals surface area (Å²) < 4.78 is 32.1. The first-order valence-corrected chi connectivity index (χ1v) is 9.38. The molecule has 0 saturated carbocycles. The van der Waals surface area contributed by atoms with Crippen LogP contribution in [-0.4, -0.2) is 26.6 Å². The van der Waals surface area contributed by atoms with Crippen LogP contribution in [0, 0.1) is 0 Å². The number of aryl methyl sites for hydroxylation is 1. The van der Waals surface area contributed by atoms with Gasteiger partial charge in [-0.05, 0) is 43.2 Å². The Hall–Kier alpha value is -2.34. The molecule has 0 spiro atoms. The van der Waals surface area contributed by atoms with Crippen LogP contribution in [0.4, 0.5) is 5.69 Å². The molecule has 0 aliphatic rings. The molecule has 0 bridgehead atoms. The fourth-order valence-electron chi connectivity index (χ4n) is 2.12. The molecule has 0 unspecified atom stereocenters. The van der Waals surface area contributed by atoms with Crippen molar-refractivity contribution in [2.75, 3.05) is 17.1 Å². The zero-order valence-corrected chi connectivity index (χ0v) is 14.6. The molecule has 0 aliphatic carbocycles. The minimum Gasteiger partial charge on any atom is -0.492 e. The number of carbonyl (C=O) groups excluding carboxylic acids is 1. The fraction of sp³-hybridized carbons (Fsp3) is 0.278. The number of carbonyl (C=O) groups is 1. The molecule has 6 heteroatoms. The number of sulfonamides is 1. The summed E-state index contributed by atoms with van der Waals surface area (Å²) in [5.74, 6) is 0.350. The van der Waals surface area contributed by atoms with Crippen LogP contribution in [0.1, 0.15) is 29.8 Å². The Balaban J connectivity index is 1.91. The minimum atomic E-state index is -3.55. The number of nitrogens with one attached hydrogen (secondary N) is 1. The van der Waals surface area contributed by atoms with Gasteiger partial charge in [0.25, 0.3) is 0 Å². The summed E-state index contributed by atoms with van der Waals surface area (Å²) in [5.41, 5.74) is 2.03. The number of rotatable bonds is 8. The number of hydrogen-bond donors (Lipinski definition) is 1. The van der Waals surface area contributed by atoms with E-state index in [0.29, 0.717) is 17.0 Å². The average Bonchev–Trinajstić information content (AvgIpc) is 2.55. The molecule has 128 valence electrons. The van der Waals surface area contributed by atoms with Gasteiger partial charge in [0, 0.05) is 11.3 Å². The van der Waals surface area contributed by atoms with Crippen molar-refractivity contribution in [1.29, 1.82) is 0 Å². The maximum absolute atomic E-state index is 12.1. The van der Waals surface area contributed by atoms with Gasteiger partial charge in [-0.3, -0.25) is 9.52 Å². The van der Waals surface area contributed by atoms with Crippen LogP contribution in [0.5, 0.6) is 5.75 Å². The van der Waals surface area contributed by atoms with Gasteiger partial charge in [0.1, 0.15) is 18.1 Å². The Morgan fingerprint density at radius 1 is 1.12 bits per heavy atom. The number of anilines is 1. The number of Topliss-reactive ketones (excluding diaryl/α,β-unsaturated/α-hetero) is 1. The van der Waals surface area contributed by atoms with Crippen molar-refractivity contribution in [2.45, 2.75) is 20.3 Å². The van der Waals surface area contributed by atoms with Crippen molar-refractivity contribution in [1.82, 2.24) is 0 Å². The highest BCUT2D eigenvalue weighted by Crippen LogP contribution is 2.14. The SMILES string of the molecule is CCc1ccc(OCCS(=O)(=O)Nc2cccc(C(C)=O)c2)cc1. The molecule has 0 radical (unpaired) electrons. The lowest BCUT2D eigenvalue weighted by Gasteiger charge is -2.10. The van der Waals surface area contributed by atoms with Crippen molar-refractivity contribution in [3.8, 4) is 5.75 Å². The van der Waals surface area contributed by atoms with Gasteiger partial charge in [0.15, 0.2) is 5.78 Å². The summed E-state index contributed by atoms with van der Waals surface area (Å²) in [5, 5.41) is 0. The summed E-state index contributed by atoms with van der Waals surface area (Å²) in [7, 11) is -3.55. The van der Waals surface area contributed by atoms with Crippen molar-refractivity contribution in [3.63, 3.8) is 0 Å². The Labute approximate surface area is 142 Å². The highest BCUT2D eigenvalue weighted by molar-refractivity contribution is 7.92. The molecular formula is C18H21NO4S. The van der Waals surface area contributed by atoms with E-state index in [0.717, 1.165) is 6.42 Å². The molecule has 2 aromatic rings. The van der Waals surface area contributed by atoms with Crippen molar-refractivity contribution in [3.05, 3.63) is 59.7 Å². The van der Waals surface area contributed by atoms with Gasteiger partial charge in [0.05, 0.1) is 0 Å². The van der Waals surface area contributed by atoms with Crippen molar-refractivity contribution >= 4 is 21.5 Å². The predicted molar refractivity (Wildman–Crippen MR) is 95.2 cm³/mol. The van der Waals surface area contributed by atoms with Gasteiger partial charge >= 0.3 is 0 Å². The van der Waals surface area contributed by atoms with Gasteiger partial charge in [-0.1, -0.05) is 31.2 Å². The van der Waals surface area contributed by atoms with E-state index in [2.05, 4.69) is 11.6 Å². The highest BCUT2D eigenvalue weighted by atomic mass is 32.2. The smallest absolute Gasteiger partial charge is 0.236 e. The first-order chi connectivity index (χ1) is 11.4. The lowest BCUT2D eigenvalue weighted by Crippen LogP contribution is -2.21. The van der Waals surface area contributed by atoms with E-state index in [4.69, 9.17) is 4.74 Å². The third kappa shape index (κ3) is 5.38. The first-order valence-electron chi connectivity index (χ1n) is 7.73. The van der Waals surface area contributed by atoms with Gasteiger partial charge in [-0.25, -0.2) is 8.42 Å². The summed E-state index contributed by atoms with van der Waals surface area (Å²) >= 11 is 0. The molecule has 0 fully saturated rings. The maximum atomic E-state index is 12.1. The van der Waals surface area contributed by atoms with Crippen LogP contribution in [0.25, 0.3) is 0 Å². The van der Waals surface area contributed by atoms with E-state index in [1.54, 1.807) is 18.2 Å². The minimum absolute atomic E-state index is 0.0488. The van der Waals surface area contributed by atoms with Crippen LogP contribution in [0.2, 0.25) is 0 Å². The van der Waals surface area contributed by atoms with Crippen LogP contribution >= 0.6 is 0 Å². The Bertz CT molecular complexity index is 798. The third-order valence-corrected chi connectivity index (χ3v) is 4.75. The lowest BCUT2D eigenvalue weighted by molar-refractivity contribution is 0.101. The summed E-state index contributed by atoms with van der Waals surface area (Å²) in [6, 6.07) is 14.0. The monoisotopic (exact) mass is 347 g/mol. The largest absolute Gasteiger partial charge is 0.492 e. The molecule has 2 aromatic carbocycles. The van der Waals surface area contributed by atoms with Crippen LogP contribution < -0.4 is 9.46 Å². The molecular weight excluding hydrogens is 326 g/mol. The van der Waals surface area contributed by atoms with Gasteiger partial charge in [0.2, 0.25) is 10.0 Å². The molecule has 0 aliphatic heterocycles.